The van der Waals surface area contributed by atoms with E-state index in [-0.39, 0.29) is 0 Å². The topological polar surface area (TPSA) is 39.6 Å². The minimum Gasteiger partial charge on any atom is -0.389 e. The van der Waals surface area contributed by atoms with E-state index < -0.39 is 17.3 Å². The number of rotatable bonds is 3. The number of piperazine rings is 1. The Labute approximate surface area is 122 Å². The second kappa shape index (κ2) is 5.81. The first-order valence-electron chi connectivity index (χ1n) is 6.88. The summed E-state index contributed by atoms with van der Waals surface area (Å²) in [5.41, 5.74) is -1.47. The Morgan fingerprint density at radius 3 is 2.19 bits per heavy atom. The molecule has 0 aliphatic carbocycles. The number of β-amino-alcohol motifs (C(OH)–C–C–N with tert-alkyl or cyclic N) is 1. The van der Waals surface area contributed by atoms with Crippen LogP contribution in [0.1, 0.15) is 19.4 Å². The van der Waals surface area contributed by atoms with E-state index in [1.165, 1.54) is 6.07 Å². The van der Waals surface area contributed by atoms with E-state index in [1.807, 2.05) is 4.90 Å². The van der Waals surface area contributed by atoms with Gasteiger partial charge in [-0.05, 0) is 26.0 Å². The number of alkyl halides is 3. The van der Waals surface area contributed by atoms with Crippen LogP contribution >= 0.6 is 0 Å². The number of nitrogens with zero attached hydrogens (tertiary/aromatic N) is 3. The van der Waals surface area contributed by atoms with E-state index in [9.17, 15) is 18.3 Å². The van der Waals surface area contributed by atoms with Gasteiger partial charge in [-0.1, -0.05) is 0 Å². The van der Waals surface area contributed by atoms with Crippen molar-refractivity contribution >= 4 is 5.82 Å². The number of anilines is 1. The average Bonchev–Trinajstić information content (AvgIpc) is 2.37. The molecule has 1 aliphatic heterocycles. The Hall–Kier alpha value is -1.34. The van der Waals surface area contributed by atoms with Gasteiger partial charge in [0.15, 0.2) is 0 Å². The fourth-order valence-corrected chi connectivity index (χ4v) is 2.42. The highest BCUT2D eigenvalue weighted by molar-refractivity contribution is 5.40. The molecule has 0 radical (unpaired) electrons. The van der Waals surface area contributed by atoms with E-state index in [0.29, 0.717) is 25.5 Å². The van der Waals surface area contributed by atoms with Gasteiger partial charge in [-0.2, -0.15) is 13.2 Å². The molecule has 7 heteroatoms. The molecule has 1 aromatic heterocycles. The third-order valence-corrected chi connectivity index (χ3v) is 3.38. The van der Waals surface area contributed by atoms with Gasteiger partial charge < -0.3 is 10.0 Å². The lowest BCUT2D eigenvalue weighted by Gasteiger charge is -2.37. The van der Waals surface area contributed by atoms with Crippen LogP contribution in [-0.2, 0) is 6.18 Å². The first-order valence-corrected chi connectivity index (χ1v) is 6.88. The van der Waals surface area contributed by atoms with Crippen molar-refractivity contribution in [1.82, 2.24) is 9.88 Å². The summed E-state index contributed by atoms with van der Waals surface area (Å²) < 4.78 is 37.5. The Kier molecular flexibility index (Phi) is 4.43. The first-order chi connectivity index (χ1) is 9.65. The molecule has 21 heavy (non-hydrogen) atoms. The van der Waals surface area contributed by atoms with Crippen LogP contribution < -0.4 is 4.90 Å². The number of halogens is 3. The van der Waals surface area contributed by atoms with Crippen molar-refractivity contribution in [2.45, 2.75) is 25.6 Å². The highest BCUT2D eigenvalue weighted by Crippen LogP contribution is 2.29. The lowest BCUT2D eigenvalue weighted by molar-refractivity contribution is -0.137. The molecule has 1 N–H and O–H groups in total. The summed E-state index contributed by atoms with van der Waals surface area (Å²) in [6.45, 7) is 7.00. The van der Waals surface area contributed by atoms with Crippen LogP contribution in [0, 0.1) is 0 Å². The van der Waals surface area contributed by atoms with Gasteiger partial charge >= 0.3 is 6.18 Å². The van der Waals surface area contributed by atoms with Crippen LogP contribution in [0.15, 0.2) is 18.3 Å². The monoisotopic (exact) mass is 303 g/mol. The molecule has 2 rings (SSSR count). The molecule has 0 amide bonds. The highest BCUT2D eigenvalue weighted by atomic mass is 19.4. The van der Waals surface area contributed by atoms with Crippen molar-refractivity contribution in [1.29, 1.82) is 0 Å². The molecule has 2 heterocycles. The number of hydrogen-bond acceptors (Lipinski definition) is 4. The van der Waals surface area contributed by atoms with Crippen LogP contribution in [0.3, 0.4) is 0 Å². The smallest absolute Gasteiger partial charge is 0.389 e. The van der Waals surface area contributed by atoms with Gasteiger partial charge in [0.25, 0.3) is 0 Å². The number of pyridine rings is 1. The van der Waals surface area contributed by atoms with Crippen molar-refractivity contribution in [2.24, 2.45) is 0 Å². The second-order valence-electron chi connectivity index (χ2n) is 5.98. The molecule has 0 atom stereocenters. The van der Waals surface area contributed by atoms with Gasteiger partial charge in [-0.15, -0.1) is 0 Å². The average molecular weight is 303 g/mol. The fourth-order valence-electron chi connectivity index (χ4n) is 2.42. The molecule has 0 unspecified atom stereocenters. The Morgan fingerprint density at radius 1 is 1.14 bits per heavy atom. The molecule has 1 fully saturated rings. The van der Waals surface area contributed by atoms with Crippen molar-refractivity contribution in [3.8, 4) is 0 Å². The summed E-state index contributed by atoms with van der Waals surface area (Å²) in [5, 5.41) is 9.79. The van der Waals surface area contributed by atoms with E-state index in [4.69, 9.17) is 0 Å². The van der Waals surface area contributed by atoms with Gasteiger partial charge in [-0.3, -0.25) is 4.90 Å². The Bertz CT molecular complexity index is 460. The molecule has 0 aromatic carbocycles. The number of aliphatic hydroxyl groups is 1. The van der Waals surface area contributed by atoms with Crippen LogP contribution in [0.4, 0.5) is 19.0 Å². The van der Waals surface area contributed by atoms with Crippen LogP contribution in [0.2, 0.25) is 0 Å². The first kappa shape index (κ1) is 16.0. The van der Waals surface area contributed by atoms with Crippen molar-refractivity contribution < 1.29 is 18.3 Å². The van der Waals surface area contributed by atoms with E-state index in [1.54, 1.807) is 13.8 Å². The predicted octanol–water partition coefficient (Wildman–Crippen LogP) is 1.99. The van der Waals surface area contributed by atoms with Gasteiger partial charge in [0.05, 0.1) is 11.2 Å². The minimum absolute atomic E-state index is 0.561. The van der Waals surface area contributed by atoms with E-state index in [0.717, 1.165) is 25.4 Å². The van der Waals surface area contributed by atoms with Crippen LogP contribution in [0.5, 0.6) is 0 Å². The maximum Gasteiger partial charge on any atom is 0.417 e. The van der Waals surface area contributed by atoms with Crippen molar-refractivity contribution in [3.05, 3.63) is 23.9 Å². The molecule has 0 saturated carbocycles. The highest BCUT2D eigenvalue weighted by Gasteiger charge is 2.31. The van der Waals surface area contributed by atoms with Gasteiger partial charge in [-0.25, -0.2) is 4.98 Å². The normalized spacial score (nSPS) is 18.1. The third-order valence-electron chi connectivity index (χ3n) is 3.38. The summed E-state index contributed by atoms with van der Waals surface area (Å²) in [4.78, 5) is 8.01. The zero-order chi connectivity index (χ0) is 15.7. The SMILES string of the molecule is CC(C)(O)CN1CCN(c2ccc(C(F)(F)F)cn2)CC1. The molecular weight excluding hydrogens is 283 g/mol. The van der Waals surface area contributed by atoms with E-state index >= 15 is 0 Å². The maximum absolute atomic E-state index is 12.5. The standard InChI is InChI=1S/C14H20F3N3O/c1-13(2,21)10-19-5-7-20(8-6-19)12-4-3-11(9-18-12)14(15,16)17/h3-4,9,21H,5-8,10H2,1-2H3. The van der Waals surface area contributed by atoms with E-state index in [2.05, 4.69) is 9.88 Å². The number of aromatic nitrogens is 1. The Balaban J connectivity index is 1.93. The van der Waals surface area contributed by atoms with Crippen LogP contribution in [-0.4, -0.2) is 53.3 Å². The third kappa shape index (κ3) is 4.57. The zero-order valence-corrected chi connectivity index (χ0v) is 12.2. The summed E-state index contributed by atoms with van der Waals surface area (Å²) in [7, 11) is 0. The minimum atomic E-state index is -4.35. The molecule has 1 saturated heterocycles. The lowest BCUT2D eigenvalue weighted by Crippen LogP contribution is -2.50. The largest absolute Gasteiger partial charge is 0.417 e. The predicted molar refractivity (Wildman–Crippen MR) is 74.2 cm³/mol. The lowest BCUT2D eigenvalue weighted by atomic mass is 10.1. The molecule has 4 nitrogen and oxygen atoms in total. The van der Waals surface area contributed by atoms with Gasteiger partial charge in [0.1, 0.15) is 5.82 Å². The molecule has 1 aromatic rings. The molecule has 118 valence electrons. The molecular formula is C14H20F3N3O. The second-order valence-corrected chi connectivity index (χ2v) is 5.98. The fraction of sp³-hybridized carbons (Fsp3) is 0.643. The summed E-state index contributed by atoms with van der Waals surface area (Å²) >= 11 is 0. The number of hydrogen-bond donors (Lipinski definition) is 1. The quantitative estimate of drug-likeness (QED) is 0.927. The zero-order valence-electron chi connectivity index (χ0n) is 12.2. The maximum atomic E-state index is 12.5. The summed E-state index contributed by atoms with van der Waals surface area (Å²) in [5.74, 6) is 0.561. The van der Waals surface area contributed by atoms with Crippen LogP contribution in [0.25, 0.3) is 0 Å². The van der Waals surface area contributed by atoms with Gasteiger partial charge in [0.2, 0.25) is 0 Å². The summed E-state index contributed by atoms with van der Waals surface area (Å²) in [6.07, 6.45) is -3.48. The van der Waals surface area contributed by atoms with Gasteiger partial charge in [0, 0.05) is 38.9 Å². The van der Waals surface area contributed by atoms with Crippen molar-refractivity contribution in [3.63, 3.8) is 0 Å². The molecule has 0 spiro atoms. The molecule has 0 bridgehead atoms. The van der Waals surface area contributed by atoms with Crippen molar-refractivity contribution in [2.75, 3.05) is 37.6 Å². The summed E-state index contributed by atoms with van der Waals surface area (Å²) in [6, 6.07) is 2.47. The molecule has 1 aliphatic rings. The Morgan fingerprint density at radius 2 is 1.76 bits per heavy atom.